The van der Waals surface area contributed by atoms with Gasteiger partial charge < -0.3 is 4.74 Å². The molecule has 128 valence electrons. The fourth-order valence-corrected chi connectivity index (χ4v) is 3.47. The van der Waals surface area contributed by atoms with Crippen molar-refractivity contribution in [1.82, 2.24) is 9.55 Å². The molecule has 25 heavy (non-hydrogen) atoms. The number of esters is 1. The second kappa shape index (κ2) is 7.53. The summed E-state index contributed by atoms with van der Waals surface area (Å²) in [7, 11) is 1.34. The van der Waals surface area contributed by atoms with E-state index in [1.807, 2.05) is 43.3 Å². The van der Waals surface area contributed by atoms with E-state index >= 15 is 0 Å². The standard InChI is InChI=1S/C19H18N2O3S/c1-3-13-8-4-7-11-16(13)21-18(23)14-9-5-6-10-15(14)20-19(21)25-12-17(22)24-2/h4-11H,3,12H2,1-2H3. The molecule has 0 spiro atoms. The number of para-hydroxylation sites is 2. The number of carbonyl (C=O) groups excluding carboxylic acids is 1. The molecule has 0 unspecified atom stereocenters. The van der Waals surface area contributed by atoms with E-state index in [1.165, 1.54) is 18.9 Å². The number of hydrogen-bond donors (Lipinski definition) is 0. The van der Waals surface area contributed by atoms with E-state index in [0.29, 0.717) is 16.1 Å². The predicted octanol–water partition coefficient (Wildman–Crippen LogP) is 3.21. The molecule has 0 bridgehead atoms. The van der Waals surface area contributed by atoms with E-state index in [9.17, 15) is 9.59 Å². The number of fused-ring (bicyclic) bond motifs is 1. The molecule has 3 rings (SSSR count). The minimum absolute atomic E-state index is 0.0928. The zero-order chi connectivity index (χ0) is 17.8. The van der Waals surface area contributed by atoms with Gasteiger partial charge in [0.2, 0.25) is 0 Å². The summed E-state index contributed by atoms with van der Waals surface area (Å²) < 4.78 is 6.30. The molecule has 0 radical (unpaired) electrons. The van der Waals surface area contributed by atoms with Gasteiger partial charge >= 0.3 is 5.97 Å². The molecule has 0 N–H and O–H groups in total. The Morgan fingerprint density at radius 1 is 1.16 bits per heavy atom. The first-order chi connectivity index (χ1) is 12.2. The second-order valence-corrected chi connectivity index (χ2v) is 6.34. The lowest BCUT2D eigenvalue weighted by molar-refractivity contribution is -0.137. The number of thioether (sulfide) groups is 1. The highest BCUT2D eigenvalue weighted by molar-refractivity contribution is 7.99. The molecule has 1 aromatic heterocycles. The van der Waals surface area contributed by atoms with Crippen LogP contribution < -0.4 is 5.56 Å². The van der Waals surface area contributed by atoms with Crippen LogP contribution in [-0.2, 0) is 16.0 Å². The van der Waals surface area contributed by atoms with Crippen LogP contribution in [0.5, 0.6) is 0 Å². The summed E-state index contributed by atoms with van der Waals surface area (Å²) >= 11 is 1.20. The first kappa shape index (κ1) is 17.2. The number of rotatable bonds is 5. The number of benzene rings is 2. The maximum Gasteiger partial charge on any atom is 0.316 e. The zero-order valence-electron chi connectivity index (χ0n) is 14.1. The SMILES string of the molecule is CCc1ccccc1-n1c(SCC(=O)OC)nc2ccccc2c1=O. The van der Waals surface area contributed by atoms with Gasteiger partial charge in [-0.05, 0) is 30.2 Å². The van der Waals surface area contributed by atoms with E-state index in [-0.39, 0.29) is 17.3 Å². The number of hydrogen-bond acceptors (Lipinski definition) is 5. The van der Waals surface area contributed by atoms with Gasteiger partial charge in [-0.1, -0.05) is 49.0 Å². The molecule has 0 fully saturated rings. The number of methoxy groups -OCH3 is 1. The van der Waals surface area contributed by atoms with Crippen molar-refractivity contribution < 1.29 is 9.53 Å². The Balaban J connectivity index is 2.25. The fourth-order valence-electron chi connectivity index (χ4n) is 2.63. The van der Waals surface area contributed by atoms with Crippen molar-refractivity contribution in [3.63, 3.8) is 0 Å². The molecule has 2 aromatic carbocycles. The van der Waals surface area contributed by atoms with Crippen LogP contribution in [0, 0.1) is 0 Å². The third kappa shape index (κ3) is 3.44. The highest BCUT2D eigenvalue weighted by Crippen LogP contribution is 2.23. The highest BCUT2D eigenvalue weighted by atomic mass is 32.2. The van der Waals surface area contributed by atoms with E-state index in [0.717, 1.165) is 17.7 Å². The van der Waals surface area contributed by atoms with Gasteiger partial charge in [-0.25, -0.2) is 4.98 Å². The Kier molecular flexibility index (Phi) is 5.19. The van der Waals surface area contributed by atoms with Crippen molar-refractivity contribution in [2.24, 2.45) is 0 Å². The van der Waals surface area contributed by atoms with Gasteiger partial charge in [0.15, 0.2) is 5.16 Å². The maximum atomic E-state index is 13.1. The third-order valence-electron chi connectivity index (χ3n) is 3.91. The topological polar surface area (TPSA) is 61.2 Å². The Morgan fingerprint density at radius 2 is 1.88 bits per heavy atom. The average molecular weight is 354 g/mol. The summed E-state index contributed by atoms with van der Waals surface area (Å²) in [5.74, 6) is -0.266. The summed E-state index contributed by atoms with van der Waals surface area (Å²) in [4.78, 5) is 29.3. The molecular formula is C19H18N2O3S. The Labute approximate surface area is 149 Å². The molecule has 5 nitrogen and oxygen atoms in total. The van der Waals surface area contributed by atoms with Gasteiger partial charge in [-0.3, -0.25) is 14.2 Å². The van der Waals surface area contributed by atoms with Crippen LogP contribution in [0.2, 0.25) is 0 Å². The van der Waals surface area contributed by atoms with E-state index in [2.05, 4.69) is 4.98 Å². The second-order valence-electron chi connectivity index (χ2n) is 5.40. The van der Waals surface area contributed by atoms with Crippen molar-refractivity contribution in [1.29, 1.82) is 0 Å². The minimum atomic E-state index is -0.359. The van der Waals surface area contributed by atoms with Crippen molar-refractivity contribution in [3.05, 3.63) is 64.4 Å². The van der Waals surface area contributed by atoms with Crippen molar-refractivity contribution in [2.75, 3.05) is 12.9 Å². The maximum absolute atomic E-state index is 13.1. The van der Waals surface area contributed by atoms with Crippen LogP contribution >= 0.6 is 11.8 Å². The van der Waals surface area contributed by atoms with Gasteiger partial charge in [0, 0.05) is 0 Å². The summed E-state index contributed by atoms with van der Waals surface area (Å²) in [5, 5.41) is 1.03. The third-order valence-corrected chi connectivity index (χ3v) is 4.82. The van der Waals surface area contributed by atoms with E-state index in [1.54, 1.807) is 16.7 Å². The quantitative estimate of drug-likeness (QED) is 0.400. The fraction of sp³-hybridized carbons (Fsp3) is 0.211. The normalized spacial score (nSPS) is 10.8. The van der Waals surface area contributed by atoms with Crippen LogP contribution in [-0.4, -0.2) is 28.4 Å². The van der Waals surface area contributed by atoms with Crippen LogP contribution in [0.25, 0.3) is 16.6 Å². The molecular weight excluding hydrogens is 336 g/mol. The lowest BCUT2D eigenvalue weighted by Gasteiger charge is -2.15. The number of nitrogens with zero attached hydrogens (tertiary/aromatic N) is 2. The summed E-state index contributed by atoms with van der Waals surface area (Å²) in [6.45, 7) is 2.04. The lowest BCUT2D eigenvalue weighted by atomic mass is 10.1. The van der Waals surface area contributed by atoms with Crippen molar-refractivity contribution in [2.45, 2.75) is 18.5 Å². The number of ether oxygens (including phenoxy) is 1. The number of carbonyl (C=O) groups is 1. The zero-order valence-corrected chi connectivity index (χ0v) is 14.9. The van der Waals surface area contributed by atoms with Crippen LogP contribution in [0.15, 0.2) is 58.5 Å². The number of aryl methyl sites for hydroxylation is 1. The van der Waals surface area contributed by atoms with Gasteiger partial charge in [-0.2, -0.15) is 0 Å². The molecule has 0 amide bonds. The van der Waals surface area contributed by atoms with E-state index < -0.39 is 0 Å². The monoisotopic (exact) mass is 354 g/mol. The summed E-state index contributed by atoms with van der Waals surface area (Å²) in [6.07, 6.45) is 0.788. The summed E-state index contributed by atoms with van der Waals surface area (Å²) in [6, 6.07) is 15.0. The predicted molar refractivity (Wildman–Crippen MR) is 99.5 cm³/mol. The van der Waals surface area contributed by atoms with Crippen LogP contribution in [0.1, 0.15) is 12.5 Å². The molecule has 0 saturated carbocycles. The molecule has 0 saturated heterocycles. The molecule has 0 atom stereocenters. The first-order valence-corrected chi connectivity index (χ1v) is 8.94. The lowest BCUT2D eigenvalue weighted by Crippen LogP contribution is -2.23. The summed E-state index contributed by atoms with van der Waals surface area (Å²) in [5.41, 5.74) is 2.31. The molecule has 0 aliphatic carbocycles. The van der Waals surface area contributed by atoms with Gasteiger partial charge in [-0.15, -0.1) is 0 Å². The largest absolute Gasteiger partial charge is 0.468 e. The van der Waals surface area contributed by atoms with Gasteiger partial charge in [0.25, 0.3) is 5.56 Å². The molecule has 0 aliphatic heterocycles. The first-order valence-electron chi connectivity index (χ1n) is 7.95. The van der Waals surface area contributed by atoms with Crippen LogP contribution in [0.4, 0.5) is 0 Å². The Hall–Kier alpha value is -2.60. The van der Waals surface area contributed by atoms with Gasteiger partial charge in [0.1, 0.15) is 0 Å². The smallest absolute Gasteiger partial charge is 0.316 e. The molecule has 6 heteroatoms. The van der Waals surface area contributed by atoms with E-state index in [4.69, 9.17) is 4.74 Å². The van der Waals surface area contributed by atoms with Gasteiger partial charge in [0.05, 0.1) is 29.5 Å². The number of aromatic nitrogens is 2. The molecule has 1 heterocycles. The molecule has 3 aromatic rings. The average Bonchev–Trinajstić information content (AvgIpc) is 2.66. The van der Waals surface area contributed by atoms with Crippen LogP contribution in [0.3, 0.4) is 0 Å². The van der Waals surface area contributed by atoms with Crippen molar-refractivity contribution >= 4 is 28.6 Å². The van der Waals surface area contributed by atoms with Crippen molar-refractivity contribution in [3.8, 4) is 5.69 Å². The molecule has 0 aliphatic rings. The highest BCUT2D eigenvalue weighted by Gasteiger charge is 2.16. The Morgan fingerprint density at radius 3 is 2.64 bits per heavy atom. The minimum Gasteiger partial charge on any atom is -0.468 e. The Bertz CT molecular complexity index is 982.